The second-order valence-electron chi connectivity index (χ2n) is 8.92. The maximum atomic E-state index is 12.5. The lowest BCUT2D eigenvalue weighted by Crippen LogP contribution is -2.50. The van der Waals surface area contributed by atoms with Crippen molar-refractivity contribution in [2.75, 3.05) is 58.4 Å². The van der Waals surface area contributed by atoms with E-state index >= 15 is 0 Å². The monoisotopic (exact) mass is 407 g/mol. The molecule has 5 heteroatoms. The molecule has 0 radical (unpaired) electrons. The highest BCUT2D eigenvalue weighted by Gasteiger charge is 2.25. The Morgan fingerprint density at radius 3 is 2.57 bits per heavy atom. The van der Waals surface area contributed by atoms with Crippen LogP contribution in [0.3, 0.4) is 0 Å². The number of quaternary nitrogens is 1. The maximum Gasteiger partial charge on any atom is 0.277 e. The van der Waals surface area contributed by atoms with Crippen LogP contribution in [0.25, 0.3) is 0 Å². The minimum absolute atomic E-state index is 0.314. The predicted octanol–water partition coefficient (Wildman–Crippen LogP) is 4.32. The summed E-state index contributed by atoms with van der Waals surface area (Å²) in [5.74, 6) is 3.99. The Hall–Kier alpha value is -1.20. The molecule has 1 amide bonds. The molecule has 0 aromatic heterocycles. The SMILES string of the molecule is Cc1ccc(C(C)C)c(OCCCCC[N+](C)(C)CC(=O)N2CCSCC2)c1. The first-order valence-corrected chi connectivity index (χ1v) is 11.8. The number of rotatable bonds is 10. The molecule has 0 unspecified atom stereocenters. The van der Waals surface area contributed by atoms with Crippen LogP contribution in [0.1, 0.15) is 50.2 Å². The zero-order chi connectivity index (χ0) is 20.6. The van der Waals surface area contributed by atoms with Crippen molar-refractivity contribution in [1.82, 2.24) is 4.90 Å². The molecule has 1 aromatic rings. The summed E-state index contributed by atoms with van der Waals surface area (Å²) in [5.41, 5.74) is 2.54. The smallest absolute Gasteiger partial charge is 0.277 e. The van der Waals surface area contributed by atoms with Crippen molar-refractivity contribution in [3.05, 3.63) is 29.3 Å². The van der Waals surface area contributed by atoms with E-state index in [4.69, 9.17) is 4.74 Å². The molecule has 1 aliphatic heterocycles. The largest absolute Gasteiger partial charge is 0.493 e. The van der Waals surface area contributed by atoms with Gasteiger partial charge in [-0.2, -0.15) is 11.8 Å². The van der Waals surface area contributed by atoms with Gasteiger partial charge in [0, 0.05) is 24.6 Å². The first-order chi connectivity index (χ1) is 13.3. The molecule has 0 aliphatic carbocycles. The topological polar surface area (TPSA) is 29.5 Å². The van der Waals surface area contributed by atoms with E-state index in [1.165, 1.54) is 11.1 Å². The van der Waals surface area contributed by atoms with Gasteiger partial charge >= 0.3 is 0 Å². The Balaban J connectivity index is 1.67. The minimum Gasteiger partial charge on any atom is -0.493 e. The fraction of sp³-hybridized carbons (Fsp3) is 0.696. The van der Waals surface area contributed by atoms with Crippen molar-refractivity contribution >= 4 is 17.7 Å². The number of aryl methyl sites for hydroxylation is 1. The summed E-state index contributed by atoms with van der Waals surface area (Å²) < 4.78 is 6.86. The highest BCUT2D eigenvalue weighted by Crippen LogP contribution is 2.27. The van der Waals surface area contributed by atoms with Crippen LogP contribution in [0.4, 0.5) is 0 Å². The standard InChI is InChI=1S/C23H39N2O2S/c1-19(2)21-10-9-20(3)17-22(21)27-14-8-6-7-13-25(4,5)18-23(26)24-11-15-28-16-12-24/h9-10,17,19H,6-8,11-16,18H2,1-5H3/q+1. The molecule has 4 nitrogen and oxygen atoms in total. The number of ether oxygens (including phenoxy) is 1. The van der Waals surface area contributed by atoms with Gasteiger partial charge in [-0.1, -0.05) is 26.0 Å². The zero-order valence-corrected chi connectivity index (χ0v) is 19.3. The van der Waals surface area contributed by atoms with Crippen LogP contribution in [-0.2, 0) is 4.79 Å². The van der Waals surface area contributed by atoms with Crippen molar-refractivity contribution in [1.29, 1.82) is 0 Å². The van der Waals surface area contributed by atoms with Gasteiger partial charge in [-0.3, -0.25) is 4.79 Å². The lowest BCUT2D eigenvalue weighted by molar-refractivity contribution is -0.883. The number of amides is 1. The average Bonchev–Trinajstić information content (AvgIpc) is 2.64. The number of hydrogen-bond acceptors (Lipinski definition) is 3. The highest BCUT2D eigenvalue weighted by molar-refractivity contribution is 7.99. The summed E-state index contributed by atoms with van der Waals surface area (Å²) in [7, 11) is 4.35. The highest BCUT2D eigenvalue weighted by atomic mass is 32.2. The van der Waals surface area contributed by atoms with Gasteiger partial charge in [0.15, 0.2) is 6.54 Å². The minimum atomic E-state index is 0.314. The van der Waals surface area contributed by atoms with Crippen LogP contribution in [0.5, 0.6) is 5.75 Å². The fourth-order valence-electron chi connectivity index (χ4n) is 3.60. The lowest BCUT2D eigenvalue weighted by atomic mass is 10.0. The fourth-order valence-corrected chi connectivity index (χ4v) is 4.51. The number of hydrogen-bond donors (Lipinski definition) is 0. The summed E-state index contributed by atoms with van der Waals surface area (Å²) >= 11 is 1.95. The van der Waals surface area contributed by atoms with Crippen LogP contribution < -0.4 is 4.74 Å². The summed E-state index contributed by atoms with van der Waals surface area (Å²) in [5, 5.41) is 0. The Morgan fingerprint density at radius 1 is 1.18 bits per heavy atom. The summed E-state index contributed by atoms with van der Waals surface area (Å²) in [6.07, 6.45) is 3.33. The zero-order valence-electron chi connectivity index (χ0n) is 18.5. The third kappa shape index (κ3) is 7.67. The van der Waals surface area contributed by atoms with Crippen molar-refractivity contribution in [2.45, 2.75) is 46.0 Å². The molecular weight excluding hydrogens is 368 g/mol. The Labute approximate surface area is 176 Å². The van der Waals surface area contributed by atoms with Gasteiger partial charge in [0.25, 0.3) is 5.91 Å². The molecule has 158 valence electrons. The average molecular weight is 408 g/mol. The summed E-state index contributed by atoms with van der Waals surface area (Å²) in [6.45, 7) is 10.8. The number of benzene rings is 1. The van der Waals surface area contributed by atoms with Gasteiger partial charge in [0.05, 0.1) is 27.2 Å². The summed E-state index contributed by atoms with van der Waals surface area (Å²) in [4.78, 5) is 14.5. The number of unbranched alkanes of at least 4 members (excludes halogenated alkanes) is 2. The van der Waals surface area contributed by atoms with Crippen molar-refractivity contribution in [3.8, 4) is 5.75 Å². The molecule has 1 aromatic carbocycles. The molecule has 0 atom stereocenters. The van der Waals surface area contributed by atoms with E-state index in [1.807, 2.05) is 16.7 Å². The predicted molar refractivity (Wildman–Crippen MR) is 120 cm³/mol. The first-order valence-electron chi connectivity index (χ1n) is 10.7. The van der Waals surface area contributed by atoms with Crippen molar-refractivity contribution in [2.24, 2.45) is 0 Å². The van der Waals surface area contributed by atoms with Crippen molar-refractivity contribution in [3.63, 3.8) is 0 Å². The molecule has 0 bridgehead atoms. The third-order valence-corrected chi connectivity index (χ3v) is 6.33. The van der Waals surface area contributed by atoms with E-state index in [0.717, 1.165) is 67.2 Å². The summed E-state index contributed by atoms with van der Waals surface area (Å²) in [6, 6.07) is 6.50. The number of likely N-dealkylation sites (N-methyl/N-ethyl adjacent to an activating group) is 1. The third-order valence-electron chi connectivity index (χ3n) is 5.38. The van der Waals surface area contributed by atoms with Crippen LogP contribution >= 0.6 is 11.8 Å². The van der Waals surface area contributed by atoms with E-state index in [2.05, 4.69) is 53.1 Å². The van der Waals surface area contributed by atoms with Crippen molar-refractivity contribution < 1.29 is 14.0 Å². The normalized spacial score (nSPS) is 15.1. The second kappa shape index (κ2) is 11.1. The molecule has 1 saturated heterocycles. The Bertz CT molecular complexity index is 625. The van der Waals surface area contributed by atoms with E-state index in [0.29, 0.717) is 18.4 Å². The van der Waals surface area contributed by atoms with Gasteiger partial charge in [-0.05, 0) is 49.3 Å². The van der Waals surface area contributed by atoms with Crippen LogP contribution in [0.15, 0.2) is 18.2 Å². The first kappa shape index (κ1) is 23.1. The van der Waals surface area contributed by atoms with Gasteiger partial charge in [-0.25, -0.2) is 0 Å². The van der Waals surface area contributed by atoms with E-state index in [9.17, 15) is 4.79 Å². The van der Waals surface area contributed by atoms with E-state index in [1.54, 1.807) is 0 Å². The van der Waals surface area contributed by atoms with E-state index < -0.39 is 0 Å². The molecule has 1 heterocycles. The number of nitrogens with zero attached hydrogens (tertiary/aromatic N) is 2. The number of carbonyl (C=O) groups excluding carboxylic acids is 1. The molecule has 0 spiro atoms. The van der Waals surface area contributed by atoms with Crippen LogP contribution in [0, 0.1) is 6.92 Å². The van der Waals surface area contributed by atoms with Gasteiger partial charge in [-0.15, -0.1) is 0 Å². The molecule has 1 aliphatic rings. The second-order valence-corrected chi connectivity index (χ2v) is 10.1. The quantitative estimate of drug-likeness (QED) is 0.427. The van der Waals surface area contributed by atoms with Gasteiger partial charge in [0.2, 0.25) is 0 Å². The Kier molecular flexibility index (Phi) is 9.16. The molecule has 1 fully saturated rings. The molecular formula is C23H39N2O2S+. The van der Waals surface area contributed by atoms with Gasteiger partial charge in [0.1, 0.15) is 5.75 Å². The van der Waals surface area contributed by atoms with Crippen LogP contribution in [0.2, 0.25) is 0 Å². The number of carbonyl (C=O) groups is 1. The van der Waals surface area contributed by atoms with Gasteiger partial charge < -0.3 is 14.1 Å². The molecule has 28 heavy (non-hydrogen) atoms. The lowest BCUT2D eigenvalue weighted by Gasteiger charge is -2.33. The molecule has 0 N–H and O–H groups in total. The Morgan fingerprint density at radius 2 is 1.89 bits per heavy atom. The molecule has 2 rings (SSSR count). The molecule has 0 saturated carbocycles. The maximum absolute atomic E-state index is 12.5. The van der Waals surface area contributed by atoms with Crippen LogP contribution in [-0.4, -0.2) is 73.7 Å². The van der Waals surface area contributed by atoms with E-state index in [-0.39, 0.29) is 0 Å². The number of thioether (sulfide) groups is 1.